The monoisotopic (exact) mass is 239 g/mol. The second-order valence-corrected chi connectivity index (χ2v) is 3.84. The third kappa shape index (κ3) is 4.03. The van der Waals surface area contributed by atoms with Gasteiger partial charge in [0.05, 0.1) is 0 Å². The summed E-state index contributed by atoms with van der Waals surface area (Å²) < 4.78 is 0. The third-order valence-corrected chi connectivity index (χ3v) is 2.48. The molecule has 0 fully saturated rings. The Hall–Kier alpha value is -1.35. The number of rotatable bonds is 5. The molecule has 0 aliphatic carbocycles. The van der Waals surface area contributed by atoms with Crippen molar-refractivity contribution in [3.8, 4) is 0 Å². The Balaban J connectivity index is 2.65. The molecule has 3 nitrogen and oxygen atoms in total. The van der Waals surface area contributed by atoms with E-state index >= 15 is 0 Å². The van der Waals surface area contributed by atoms with Crippen LogP contribution in [0.4, 0.5) is 0 Å². The van der Waals surface area contributed by atoms with E-state index in [9.17, 15) is 9.59 Å². The minimum absolute atomic E-state index is 0.171. The second kappa shape index (κ2) is 6.28. The number of halogens is 1. The molecule has 1 aromatic carbocycles. The van der Waals surface area contributed by atoms with Gasteiger partial charge >= 0.3 is 0 Å². The summed E-state index contributed by atoms with van der Waals surface area (Å²) in [6.45, 7) is 1.73. The summed E-state index contributed by atoms with van der Waals surface area (Å²) in [6, 6.07) is 8.80. The fourth-order valence-corrected chi connectivity index (χ4v) is 1.47. The SMILES string of the molecule is CCC(=O)NC(Cc1ccccc1)C(=O)Cl. The van der Waals surface area contributed by atoms with Crippen LogP contribution in [0.25, 0.3) is 0 Å². The van der Waals surface area contributed by atoms with Crippen LogP contribution in [0.15, 0.2) is 30.3 Å². The zero-order valence-corrected chi connectivity index (χ0v) is 9.83. The first kappa shape index (κ1) is 12.7. The summed E-state index contributed by atoms with van der Waals surface area (Å²) in [5.41, 5.74) is 0.970. The van der Waals surface area contributed by atoms with E-state index in [2.05, 4.69) is 5.32 Å². The van der Waals surface area contributed by atoms with E-state index < -0.39 is 11.3 Å². The molecule has 0 aliphatic rings. The molecule has 0 aliphatic heterocycles. The van der Waals surface area contributed by atoms with E-state index in [1.54, 1.807) is 6.92 Å². The highest BCUT2D eigenvalue weighted by molar-refractivity contribution is 6.64. The maximum atomic E-state index is 11.2. The van der Waals surface area contributed by atoms with Crippen LogP contribution in [0.5, 0.6) is 0 Å². The highest BCUT2D eigenvalue weighted by Crippen LogP contribution is 2.05. The fourth-order valence-electron chi connectivity index (χ4n) is 1.33. The summed E-state index contributed by atoms with van der Waals surface area (Å²) in [5, 5.41) is 2.06. The van der Waals surface area contributed by atoms with Crippen molar-refractivity contribution >= 4 is 22.8 Å². The van der Waals surface area contributed by atoms with E-state index in [0.717, 1.165) is 5.56 Å². The fraction of sp³-hybridized carbons (Fsp3) is 0.333. The van der Waals surface area contributed by atoms with Gasteiger partial charge in [0, 0.05) is 12.8 Å². The smallest absolute Gasteiger partial charge is 0.244 e. The van der Waals surface area contributed by atoms with E-state index in [1.807, 2.05) is 30.3 Å². The van der Waals surface area contributed by atoms with E-state index in [-0.39, 0.29) is 5.91 Å². The highest BCUT2D eigenvalue weighted by Gasteiger charge is 2.18. The van der Waals surface area contributed by atoms with Crippen molar-refractivity contribution < 1.29 is 9.59 Å². The zero-order valence-electron chi connectivity index (χ0n) is 9.07. The number of hydrogen-bond donors (Lipinski definition) is 1. The van der Waals surface area contributed by atoms with Gasteiger partial charge in [-0.15, -0.1) is 0 Å². The molecule has 86 valence electrons. The van der Waals surface area contributed by atoms with Crippen LogP contribution < -0.4 is 5.32 Å². The average molecular weight is 240 g/mol. The number of benzene rings is 1. The minimum Gasteiger partial charge on any atom is -0.345 e. The third-order valence-electron chi connectivity index (χ3n) is 2.21. The van der Waals surface area contributed by atoms with Crippen molar-refractivity contribution in [1.29, 1.82) is 0 Å². The van der Waals surface area contributed by atoms with Gasteiger partial charge in [0.2, 0.25) is 11.1 Å². The van der Waals surface area contributed by atoms with Crippen molar-refractivity contribution in [3.05, 3.63) is 35.9 Å². The molecule has 0 bridgehead atoms. The standard InChI is InChI=1S/C12H14ClNO2/c1-2-11(15)14-10(12(13)16)8-9-6-4-3-5-7-9/h3-7,10H,2,8H2,1H3,(H,14,15). The zero-order chi connectivity index (χ0) is 12.0. The van der Waals surface area contributed by atoms with E-state index in [0.29, 0.717) is 12.8 Å². The summed E-state index contributed by atoms with van der Waals surface area (Å²) in [6.07, 6.45) is 0.768. The molecule has 1 unspecified atom stereocenters. The normalized spacial score (nSPS) is 11.9. The molecule has 0 heterocycles. The molecule has 0 radical (unpaired) electrons. The predicted molar refractivity (Wildman–Crippen MR) is 63.2 cm³/mol. The van der Waals surface area contributed by atoms with Crippen LogP contribution in [0, 0.1) is 0 Å². The number of amides is 1. The van der Waals surface area contributed by atoms with Gasteiger partial charge in [-0.2, -0.15) is 0 Å². The van der Waals surface area contributed by atoms with E-state index in [4.69, 9.17) is 11.6 Å². The highest BCUT2D eigenvalue weighted by atomic mass is 35.5. The molecule has 0 spiro atoms. The van der Waals surface area contributed by atoms with Gasteiger partial charge in [-0.25, -0.2) is 0 Å². The summed E-state index contributed by atoms with van der Waals surface area (Å²) >= 11 is 5.44. The molecule has 0 saturated carbocycles. The van der Waals surface area contributed by atoms with Crippen molar-refractivity contribution in [2.45, 2.75) is 25.8 Å². The molecular weight excluding hydrogens is 226 g/mol. The lowest BCUT2D eigenvalue weighted by Crippen LogP contribution is -2.40. The van der Waals surface area contributed by atoms with Crippen molar-refractivity contribution in [3.63, 3.8) is 0 Å². The van der Waals surface area contributed by atoms with Gasteiger partial charge in [0.15, 0.2) is 0 Å². The lowest BCUT2D eigenvalue weighted by molar-refractivity contribution is -0.124. The Morgan fingerprint density at radius 2 is 1.94 bits per heavy atom. The number of nitrogens with one attached hydrogen (secondary N) is 1. The van der Waals surface area contributed by atoms with Gasteiger partial charge < -0.3 is 5.32 Å². The Labute approximate surface area is 99.8 Å². The Kier molecular flexibility index (Phi) is 4.99. The van der Waals surface area contributed by atoms with Gasteiger partial charge in [-0.05, 0) is 17.2 Å². The first-order valence-corrected chi connectivity index (χ1v) is 5.54. The number of hydrogen-bond acceptors (Lipinski definition) is 2. The van der Waals surface area contributed by atoms with Crippen LogP contribution in [0.1, 0.15) is 18.9 Å². The topological polar surface area (TPSA) is 46.2 Å². The molecule has 1 N–H and O–H groups in total. The molecule has 0 saturated heterocycles. The molecular formula is C12H14ClNO2. The quantitative estimate of drug-likeness (QED) is 0.798. The van der Waals surface area contributed by atoms with Gasteiger partial charge in [0.25, 0.3) is 0 Å². The van der Waals surface area contributed by atoms with Gasteiger partial charge in [-0.3, -0.25) is 9.59 Å². The first-order chi connectivity index (χ1) is 7.63. The molecule has 0 aromatic heterocycles. The summed E-state index contributed by atoms with van der Waals surface area (Å²) in [5.74, 6) is -0.171. The lowest BCUT2D eigenvalue weighted by Gasteiger charge is -2.14. The Morgan fingerprint density at radius 1 is 1.31 bits per heavy atom. The summed E-state index contributed by atoms with van der Waals surface area (Å²) in [7, 11) is 0. The van der Waals surface area contributed by atoms with Crippen LogP contribution >= 0.6 is 11.6 Å². The molecule has 16 heavy (non-hydrogen) atoms. The van der Waals surface area contributed by atoms with Crippen molar-refractivity contribution in [1.82, 2.24) is 5.32 Å². The van der Waals surface area contributed by atoms with Crippen LogP contribution in [-0.2, 0) is 16.0 Å². The van der Waals surface area contributed by atoms with Crippen LogP contribution in [-0.4, -0.2) is 17.2 Å². The Bertz CT molecular complexity index is 365. The molecule has 1 amide bonds. The van der Waals surface area contributed by atoms with E-state index in [1.165, 1.54) is 0 Å². The summed E-state index contributed by atoms with van der Waals surface area (Å²) in [4.78, 5) is 22.3. The largest absolute Gasteiger partial charge is 0.345 e. The number of carbonyl (C=O) groups is 2. The van der Waals surface area contributed by atoms with Gasteiger partial charge in [-0.1, -0.05) is 37.3 Å². The predicted octanol–water partition coefficient (Wildman–Crippen LogP) is 1.89. The minimum atomic E-state index is -0.642. The van der Waals surface area contributed by atoms with Crippen LogP contribution in [0.3, 0.4) is 0 Å². The first-order valence-electron chi connectivity index (χ1n) is 5.16. The van der Waals surface area contributed by atoms with Gasteiger partial charge in [0.1, 0.15) is 6.04 Å². The average Bonchev–Trinajstić information content (AvgIpc) is 2.29. The van der Waals surface area contributed by atoms with Crippen molar-refractivity contribution in [2.75, 3.05) is 0 Å². The Morgan fingerprint density at radius 3 is 2.44 bits per heavy atom. The molecule has 4 heteroatoms. The maximum absolute atomic E-state index is 11.2. The van der Waals surface area contributed by atoms with Crippen LogP contribution in [0.2, 0.25) is 0 Å². The maximum Gasteiger partial charge on any atom is 0.244 e. The lowest BCUT2D eigenvalue weighted by atomic mass is 10.1. The second-order valence-electron chi connectivity index (χ2n) is 3.47. The van der Waals surface area contributed by atoms with Crippen molar-refractivity contribution in [2.24, 2.45) is 0 Å². The molecule has 1 aromatic rings. The molecule has 1 atom stereocenters. The molecule has 1 rings (SSSR count). The number of carbonyl (C=O) groups excluding carboxylic acids is 2.